The van der Waals surface area contributed by atoms with Gasteiger partial charge in [-0.3, -0.25) is 4.57 Å². The Morgan fingerprint density at radius 3 is 2.06 bits per heavy atom. The number of methoxy groups -OCH3 is 2. The molecule has 1 aromatic rings. The van der Waals surface area contributed by atoms with Gasteiger partial charge in [-0.1, -0.05) is 22.0 Å². The lowest BCUT2D eigenvalue weighted by Crippen LogP contribution is -1.98. The molecule has 0 spiro atoms. The molecule has 0 aromatic heterocycles. The molecule has 0 bridgehead atoms. The van der Waals surface area contributed by atoms with Crippen molar-refractivity contribution in [2.75, 3.05) is 28.4 Å². The van der Waals surface area contributed by atoms with Crippen molar-refractivity contribution in [1.82, 2.24) is 0 Å². The standard InChI is InChI=1S/C11H16BrO5P/c1-14-9-6-5-8(7-10(9)15-2)11(12)18(13,16-3)17-4/h5-7,11H,1-4H3. The quantitative estimate of drug-likeness (QED) is 0.586. The Labute approximate surface area is 115 Å². The predicted octanol–water partition coefficient (Wildman–Crippen LogP) is 3.58. The van der Waals surface area contributed by atoms with Gasteiger partial charge in [0.2, 0.25) is 0 Å². The maximum atomic E-state index is 12.2. The minimum absolute atomic E-state index is 0.554. The summed E-state index contributed by atoms with van der Waals surface area (Å²) in [5.74, 6) is 1.16. The zero-order valence-electron chi connectivity index (χ0n) is 10.7. The van der Waals surface area contributed by atoms with Crippen molar-refractivity contribution >= 4 is 23.5 Å². The molecule has 0 amide bonds. The Kier molecular flexibility index (Phi) is 5.66. The van der Waals surface area contributed by atoms with Gasteiger partial charge in [-0.05, 0) is 17.7 Å². The molecule has 0 N–H and O–H groups in total. The maximum absolute atomic E-state index is 12.2. The van der Waals surface area contributed by atoms with E-state index in [-0.39, 0.29) is 0 Å². The van der Waals surface area contributed by atoms with Gasteiger partial charge in [0.15, 0.2) is 11.5 Å². The second kappa shape index (κ2) is 6.57. The first-order valence-corrected chi connectivity index (χ1v) is 7.62. The van der Waals surface area contributed by atoms with Gasteiger partial charge in [0, 0.05) is 14.2 Å². The van der Waals surface area contributed by atoms with E-state index in [0.29, 0.717) is 11.5 Å². The van der Waals surface area contributed by atoms with Crippen LogP contribution in [0.2, 0.25) is 0 Å². The van der Waals surface area contributed by atoms with Crippen LogP contribution < -0.4 is 9.47 Å². The lowest BCUT2D eigenvalue weighted by molar-refractivity contribution is 0.274. The normalized spacial score (nSPS) is 13.2. The molecule has 1 atom stereocenters. The highest BCUT2D eigenvalue weighted by Gasteiger charge is 2.33. The molecular formula is C11H16BrO5P. The van der Waals surface area contributed by atoms with Crippen LogP contribution in [0, 0.1) is 0 Å². The summed E-state index contributed by atoms with van der Waals surface area (Å²) in [6, 6.07) is 5.23. The predicted molar refractivity (Wildman–Crippen MR) is 72.8 cm³/mol. The fourth-order valence-corrected chi connectivity index (χ4v) is 3.78. The molecule has 0 aliphatic carbocycles. The largest absolute Gasteiger partial charge is 0.493 e. The average molecular weight is 339 g/mol. The maximum Gasteiger partial charge on any atom is 0.348 e. The third-order valence-corrected chi connectivity index (χ3v) is 6.37. The molecule has 7 heteroatoms. The number of rotatable bonds is 6. The summed E-state index contributed by atoms with van der Waals surface area (Å²) >= 11 is 3.33. The second-order valence-electron chi connectivity index (χ2n) is 3.36. The third kappa shape index (κ3) is 3.06. The van der Waals surface area contributed by atoms with E-state index in [1.807, 2.05) is 0 Å². The monoisotopic (exact) mass is 338 g/mol. The van der Waals surface area contributed by atoms with Crippen molar-refractivity contribution in [2.45, 2.75) is 4.57 Å². The van der Waals surface area contributed by atoms with Crippen molar-refractivity contribution in [3.8, 4) is 11.5 Å². The first kappa shape index (κ1) is 15.5. The van der Waals surface area contributed by atoms with Gasteiger partial charge in [-0.25, -0.2) is 0 Å². The highest BCUT2D eigenvalue weighted by molar-refractivity contribution is 9.10. The first-order chi connectivity index (χ1) is 8.52. The van der Waals surface area contributed by atoms with E-state index in [1.54, 1.807) is 25.3 Å². The Hall–Kier alpha value is -0.550. The summed E-state index contributed by atoms with van der Waals surface area (Å²) in [6.07, 6.45) is 0. The first-order valence-electron chi connectivity index (χ1n) is 5.09. The van der Waals surface area contributed by atoms with Gasteiger partial charge in [0.05, 0.1) is 14.2 Å². The highest BCUT2D eigenvalue weighted by Crippen LogP contribution is 2.63. The van der Waals surface area contributed by atoms with Crippen LogP contribution in [0.4, 0.5) is 0 Å². The Morgan fingerprint density at radius 1 is 1.06 bits per heavy atom. The van der Waals surface area contributed by atoms with E-state index in [1.165, 1.54) is 21.3 Å². The molecule has 0 fully saturated rings. The van der Waals surface area contributed by atoms with Gasteiger partial charge < -0.3 is 18.5 Å². The minimum atomic E-state index is -3.23. The fourth-order valence-electron chi connectivity index (χ4n) is 1.44. The molecular weight excluding hydrogens is 323 g/mol. The van der Waals surface area contributed by atoms with Crippen molar-refractivity contribution in [2.24, 2.45) is 0 Å². The fraction of sp³-hybridized carbons (Fsp3) is 0.455. The average Bonchev–Trinajstić information content (AvgIpc) is 2.44. The van der Waals surface area contributed by atoms with E-state index in [4.69, 9.17) is 18.5 Å². The summed E-state index contributed by atoms with van der Waals surface area (Å²) in [5, 5.41) is 0. The van der Waals surface area contributed by atoms with E-state index < -0.39 is 12.2 Å². The summed E-state index contributed by atoms with van der Waals surface area (Å²) in [4.78, 5) is 0. The lowest BCUT2D eigenvalue weighted by atomic mass is 10.2. The van der Waals surface area contributed by atoms with Crippen LogP contribution in [0.3, 0.4) is 0 Å². The molecule has 0 saturated carbocycles. The number of halogens is 1. The van der Waals surface area contributed by atoms with Crippen LogP contribution in [-0.2, 0) is 13.6 Å². The minimum Gasteiger partial charge on any atom is -0.493 e. The van der Waals surface area contributed by atoms with Crippen LogP contribution in [0.25, 0.3) is 0 Å². The molecule has 18 heavy (non-hydrogen) atoms. The van der Waals surface area contributed by atoms with Crippen molar-refractivity contribution < 1.29 is 23.1 Å². The van der Waals surface area contributed by atoms with Crippen LogP contribution in [-0.4, -0.2) is 28.4 Å². The molecule has 0 saturated heterocycles. The smallest absolute Gasteiger partial charge is 0.348 e. The van der Waals surface area contributed by atoms with Gasteiger partial charge in [0.1, 0.15) is 4.57 Å². The number of alkyl halides is 1. The van der Waals surface area contributed by atoms with Crippen LogP contribution >= 0.6 is 23.5 Å². The summed E-state index contributed by atoms with van der Waals surface area (Å²) in [6.45, 7) is 0. The van der Waals surface area contributed by atoms with Crippen LogP contribution in [0.1, 0.15) is 10.1 Å². The van der Waals surface area contributed by atoms with Gasteiger partial charge in [-0.2, -0.15) is 0 Å². The molecule has 0 aliphatic rings. The zero-order chi connectivity index (χ0) is 13.8. The van der Waals surface area contributed by atoms with E-state index in [9.17, 15) is 4.57 Å². The molecule has 1 aromatic carbocycles. The number of hydrogen-bond acceptors (Lipinski definition) is 5. The number of benzene rings is 1. The van der Waals surface area contributed by atoms with E-state index >= 15 is 0 Å². The lowest BCUT2D eigenvalue weighted by Gasteiger charge is -2.20. The molecule has 1 rings (SSSR count). The highest BCUT2D eigenvalue weighted by atomic mass is 79.9. The third-order valence-electron chi connectivity index (χ3n) is 2.47. The van der Waals surface area contributed by atoms with Crippen LogP contribution in [0.15, 0.2) is 18.2 Å². The Bertz CT molecular complexity index is 443. The molecule has 0 aliphatic heterocycles. The number of hydrogen-bond donors (Lipinski definition) is 0. The molecule has 0 radical (unpaired) electrons. The van der Waals surface area contributed by atoms with E-state index in [2.05, 4.69) is 15.9 Å². The SMILES string of the molecule is COc1ccc(C(Br)P(=O)(OC)OC)cc1OC. The van der Waals surface area contributed by atoms with Gasteiger partial charge in [-0.15, -0.1) is 0 Å². The summed E-state index contributed by atoms with van der Waals surface area (Å²) in [5.41, 5.74) is 0.722. The Balaban J connectivity index is 3.14. The zero-order valence-corrected chi connectivity index (χ0v) is 13.2. The van der Waals surface area contributed by atoms with Crippen molar-refractivity contribution in [1.29, 1.82) is 0 Å². The number of ether oxygens (including phenoxy) is 2. The van der Waals surface area contributed by atoms with Gasteiger partial charge in [0.25, 0.3) is 0 Å². The Morgan fingerprint density at radius 2 is 1.61 bits per heavy atom. The molecule has 1 unspecified atom stereocenters. The molecule has 0 heterocycles. The molecule has 5 nitrogen and oxygen atoms in total. The second-order valence-corrected chi connectivity index (χ2v) is 7.30. The molecule has 102 valence electrons. The van der Waals surface area contributed by atoms with E-state index in [0.717, 1.165) is 5.56 Å². The van der Waals surface area contributed by atoms with Crippen LogP contribution in [0.5, 0.6) is 11.5 Å². The van der Waals surface area contributed by atoms with Crippen molar-refractivity contribution in [3.63, 3.8) is 0 Å². The summed E-state index contributed by atoms with van der Waals surface area (Å²) in [7, 11) is 2.56. The summed E-state index contributed by atoms with van der Waals surface area (Å²) < 4.78 is 31.9. The van der Waals surface area contributed by atoms with Crippen molar-refractivity contribution in [3.05, 3.63) is 23.8 Å². The van der Waals surface area contributed by atoms with Gasteiger partial charge >= 0.3 is 7.60 Å². The topological polar surface area (TPSA) is 54.0 Å².